The first-order valence-corrected chi connectivity index (χ1v) is 4.51. The smallest absolute Gasteiger partial charge is 0.410 e. The predicted molar refractivity (Wildman–Crippen MR) is 49.7 cm³/mol. The average molecular weight is 195 g/mol. The van der Waals surface area contributed by atoms with Crippen LogP contribution < -0.4 is 0 Å². The molecule has 0 N–H and O–H groups in total. The molecule has 0 aliphatic carbocycles. The Morgan fingerprint density at radius 3 is 2.64 bits per heavy atom. The molecular formula is C9H13N3O2. The number of hydrogen-bond acceptors (Lipinski definition) is 3. The third-order valence-electron chi connectivity index (χ3n) is 2.62. The monoisotopic (exact) mass is 195 g/mol. The minimum Gasteiger partial charge on any atom is -0.439 e. The lowest BCUT2D eigenvalue weighted by Gasteiger charge is -2.14. The first kappa shape index (κ1) is 9.05. The number of aryl methyl sites for hydroxylation is 1. The van der Waals surface area contributed by atoms with Crippen molar-refractivity contribution in [2.45, 2.75) is 19.1 Å². The van der Waals surface area contributed by atoms with E-state index in [0.717, 1.165) is 5.56 Å². The van der Waals surface area contributed by atoms with Gasteiger partial charge in [0, 0.05) is 25.9 Å². The van der Waals surface area contributed by atoms with Gasteiger partial charge in [0.25, 0.3) is 0 Å². The average Bonchev–Trinajstić information content (AvgIpc) is 2.66. The van der Waals surface area contributed by atoms with Gasteiger partial charge in [0.2, 0.25) is 0 Å². The molecule has 5 heteroatoms. The van der Waals surface area contributed by atoms with Crippen molar-refractivity contribution in [3.8, 4) is 0 Å². The fourth-order valence-electron chi connectivity index (χ4n) is 1.59. The summed E-state index contributed by atoms with van der Waals surface area (Å²) in [4.78, 5) is 12.8. The third-order valence-corrected chi connectivity index (χ3v) is 2.62. The highest BCUT2D eigenvalue weighted by Crippen LogP contribution is 2.30. The third kappa shape index (κ3) is 1.25. The summed E-state index contributed by atoms with van der Waals surface area (Å²) in [6.07, 6.45) is 3.13. The van der Waals surface area contributed by atoms with Gasteiger partial charge in [-0.2, -0.15) is 5.10 Å². The van der Waals surface area contributed by atoms with E-state index >= 15 is 0 Å². The Labute approximate surface area is 82.3 Å². The van der Waals surface area contributed by atoms with Crippen molar-refractivity contribution in [2.75, 3.05) is 7.05 Å². The zero-order chi connectivity index (χ0) is 10.3. The Hall–Kier alpha value is -1.52. The summed E-state index contributed by atoms with van der Waals surface area (Å²) in [7, 11) is 3.58. The fraction of sp³-hybridized carbons (Fsp3) is 0.556. The molecule has 1 fully saturated rings. The predicted octanol–water partition coefficient (Wildman–Crippen LogP) is 0.932. The number of carbonyl (C=O) groups is 1. The first-order valence-electron chi connectivity index (χ1n) is 4.51. The van der Waals surface area contributed by atoms with Gasteiger partial charge in [-0.05, 0) is 6.92 Å². The molecule has 76 valence electrons. The Bertz CT molecular complexity index is 361. The highest BCUT2D eigenvalue weighted by atomic mass is 16.6. The molecule has 1 saturated heterocycles. The lowest BCUT2D eigenvalue weighted by Crippen LogP contribution is -2.27. The molecule has 1 amide bonds. The van der Waals surface area contributed by atoms with Crippen LogP contribution in [0.4, 0.5) is 4.79 Å². The van der Waals surface area contributed by atoms with Gasteiger partial charge in [0.1, 0.15) is 0 Å². The normalized spacial score (nSPS) is 26.8. The maximum atomic E-state index is 11.3. The van der Waals surface area contributed by atoms with E-state index in [1.807, 2.05) is 20.2 Å². The SMILES string of the molecule is C[C@H]1[C@@H](c2cnn(C)c2)OC(=O)N1C. The Balaban J connectivity index is 2.25. The van der Waals surface area contributed by atoms with Crippen molar-refractivity contribution in [2.24, 2.45) is 7.05 Å². The zero-order valence-electron chi connectivity index (χ0n) is 8.47. The highest BCUT2D eigenvalue weighted by Gasteiger charge is 2.37. The van der Waals surface area contributed by atoms with Crippen molar-refractivity contribution >= 4 is 6.09 Å². The molecule has 14 heavy (non-hydrogen) atoms. The van der Waals surface area contributed by atoms with Crippen LogP contribution in [0, 0.1) is 0 Å². The molecule has 1 aromatic rings. The van der Waals surface area contributed by atoms with Crippen LogP contribution in [0.5, 0.6) is 0 Å². The molecule has 0 radical (unpaired) electrons. The van der Waals surface area contributed by atoms with Gasteiger partial charge in [-0.15, -0.1) is 0 Å². The number of amides is 1. The van der Waals surface area contributed by atoms with Crippen molar-refractivity contribution in [3.05, 3.63) is 18.0 Å². The summed E-state index contributed by atoms with van der Waals surface area (Å²) in [5, 5.41) is 4.05. The van der Waals surface area contributed by atoms with Crippen LogP contribution in [0.25, 0.3) is 0 Å². The minimum atomic E-state index is -0.272. The number of hydrogen-bond donors (Lipinski definition) is 0. The van der Waals surface area contributed by atoms with Gasteiger partial charge in [-0.25, -0.2) is 4.79 Å². The summed E-state index contributed by atoms with van der Waals surface area (Å²) in [6, 6.07) is 0.0618. The second kappa shape index (κ2) is 3.01. The summed E-state index contributed by atoms with van der Waals surface area (Å²) < 4.78 is 6.92. The molecule has 0 unspecified atom stereocenters. The highest BCUT2D eigenvalue weighted by molar-refractivity contribution is 5.70. The maximum Gasteiger partial charge on any atom is 0.410 e. The van der Waals surface area contributed by atoms with E-state index < -0.39 is 0 Å². The molecule has 2 atom stereocenters. The molecule has 0 aromatic carbocycles. The van der Waals surface area contributed by atoms with Gasteiger partial charge in [0.15, 0.2) is 6.10 Å². The van der Waals surface area contributed by atoms with E-state index in [1.54, 1.807) is 22.8 Å². The van der Waals surface area contributed by atoms with E-state index in [0.29, 0.717) is 0 Å². The van der Waals surface area contributed by atoms with Crippen molar-refractivity contribution in [1.82, 2.24) is 14.7 Å². The number of nitrogens with zero attached hydrogens (tertiary/aromatic N) is 3. The van der Waals surface area contributed by atoms with E-state index in [1.165, 1.54) is 0 Å². The Morgan fingerprint density at radius 1 is 1.50 bits per heavy atom. The van der Waals surface area contributed by atoms with Crippen molar-refractivity contribution in [3.63, 3.8) is 0 Å². The van der Waals surface area contributed by atoms with Crippen LogP contribution in [0.2, 0.25) is 0 Å². The van der Waals surface area contributed by atoms with Gasteiger partial charge in [-0.3, -0.25) is 4.68 Å². The van der Waals surface area contributed by atoms with Gasteiger partial charge < -0.3 is 9.64 Å². The number of ether oxygens (including phenoxy) is 1. The Kier molecular flexibility index (Phi) is 1.94. The van der Waals surface area contributed by atoms with Crippen molar-refractivity contribution in [1.29, 1.82) is 0 Å². The molecular weight excluding hydrogens is 182 g/mol. The largest absolute Gasteiger partial charge is 0.439 e. The van der Waals surface area contributed by atoms with Crippen LogP contribution in [-0.4, -0.2) is 33.9 Å². The quantitative estimate of drug-likeness (QED) is 0.669. The summed E-state index contributed by atoms with van der Waals surface area (Å²) in [6.45, 7) is 1.96. The van der Waals surface area contributed by atoms with Crippen LogP contribution >= 0.6 is 0 Å². The number of likely N-dealkylation sites (N-methyl/N-ethyl adjacent to an activating group) is 1. The fourth-order valence-corrected chi connectivity index (χ4v) is 1.59. The summed E-state index contributed by atoms with van der Waals surface area (Å²) in [5.41, 5.74) is 0.942. The topological polar surface area (TPSA) is 47.4 Å². The zero-order valence-corrected chi connectivity index (χ0v) is 8.47. The molecule has 0 bridgehead atoms. The molecule has 2 rings (SSSR count). The number of cyclic esters (lactones) is 1. The van der Waals surface area contributed by atoms with E-state index in [9.17, 15) is 4.79 Å². The lowest BCUT2D eigenvalue weighted by atomic mass is 10.1. The Morgan fingerprint density at radius 2 is 2.21 bits per heavy atom. The minimum absolute atomic E-state index is 0.0618. The molecule has 1 aromatic heterocycles. The van der Waals surface area contributed by atoms with Crippen LogP contribution in [0.15, 0.2) is 12.4 Å². The molecule has 2 heterocycles. The van der Waals surface area contributed by atoms with E-state index in [2.05, 4.69) is 5.10 Å². The van der Waals surface area contributed by atoms with Gasteiger partial charge >= 0.3 is 6.09 Å². The van der Waals surface area contributed by atoms with Crippen LogP contribution in [0.1, 0.15) is 18.6 Å². The standard InChI is InChI=1S/C9H13N3O2/c1-6-8(14-9(13)12(6)3)7-4-10-11(2)5-7/h4-6,8H,1-3H3/t6-,8-/m0/s1. The molecule has 0 saturated carbocycles. The van der Waals surface area contributed by atoms with E-state index in [-0.39, 0.29) is 18.2 Å². The lowest BCUT2D eigenvalue weighted by molar-refractivity contribution is 0.131. The van der Waals surface area contributed by atoms with Gasteiger partial charge in [-0.1, -0.05) is 0 Å². The molecule has 1 aliphatic rings. The maximum absolute atomic E-state index is 11.3. The second-order valence-electron chi connectivity index (χ2n) is 3.60. The van der Waals surface area contributed by atoms with Crippen LogP contribution in [-0.2, 0) is 11.8 Å². The van der Waals surface area contributed by atoms with Crippen molar-refractivity contribution < 1.29 is 9.53 Å². The van der Waals surface area contributed by atoms with E-state index in [4.69, 9.17) is 4.74 Å². The number of carbonyl (C=O) groups excluding carboxylic acids is 1. The first-order chi connectivity index (χ1) is 6.59. The second-order valence-corrected chi connectivity index (χ2v) is 3.60. The summed E-state index contributed by atoms with van der Waals surface area (Å²) >= 11 is 0. The summed E-state index contributed by atoms with van der Waals surface area (Å²) in [5.74, 6) is 0. The molecule has 0 spiro atoms. The van der Waals surface area contributed by atoms with Gasteiger partial charge in [0.05, 0.1) is 12.2 Å². The number of aromatic nitrogens is 2. The number of rotatable bonds is 1. The molecule has 5 nitrogen and oxygen atoms in total. The van der Waals surface area contributed by atoms with Crippen LogP contribution in [0.3, 0.4) is 0 Å². The molecule has 1 aliphatic heterocycles.